The zero-order valence-electron chi connectivity index (χ0n) is 10.5. The second kappa shape index (κ2) is 3.87. The topological polar surface area (TPSA) is 17.1 Å². The lowest BCUT2D eigenvalue weighted by Crippen LogP contribution is -2.44. The molecule has 0 spiro atoms. The van der Waals surface area contributed by atoms with Gasteiger partial charge in [-0.1, -0.05) is 31.2 Å². The highest BCUT2D eigenvalue weighted by atomic mass is 16.1. The first-order chi connectivity index (χ1) is 7.45. The predicted molar refractivity (Wildman–Crippen MR) is 67.1 cm³/mol. The van der Waals surface area contributed by atoms with Gasteiger partial charge in [0.15, 0.2) is 0 Å². The monoisotopic (exact) mass is 218 g/mol. The van der Waals surface area contributed by atoms with Gasteiger partial charge in [0.05, 0.1) is 0 Å². The number of hydrogen-bond donors (Lipinski definition) is 0. The Hall–Kier alpha value is -0.850. The van der Waals surface area contributed by atoms with E-state index in [0.29, 0.717) is 24.0 Å². The summed E-state index contributed by atoms with van der Waals surface area (Å²) in [7, 11) is 0. The summed E-state index contributed by atoms with van der Waals surface area (Å²) >= 11 is 0. The molecule has 2 rings (SSSR count). The SMILES string of the molecule is C=C(C)[C@@H]1CC[C@@]2(C)C(=O)CCC(=C)[C@@H]2C1. The van der Waals surface area contributed by atoms with Gasteiger partial charge in [0, 0.05) is 11.8 Å². The number of carbonyl (C=O) groups is 1. The first-order valence-corrected chi connectivity index (χ1v) is 6.31. The van der Waals surface area contributed by atoms with Crippen LogP contribution in [0.15, 0.2) is 24.3 Å². The van der Waals surface area contributed by atoms with E-state index >= 15 is 0 Å². The summed E-state index contributed by atoms with van der Waals surface area (Å²) in [6.07, 6.45) is 4.86. The molecule has 0 unspecified atom stereocenters. The lowest BCUT2D eigenvalue weighted by molar-refractivity contribution is -0.134. The Labute approximate surface area is 98.6 Å². The average Bonchev–Trinajstić information content (AvgIpc) is 2.24. The van der Waals surface area contributed by atoms with E-state index in [4.69, 9.17) is 0 Å². The number of ketones is 1. The highest BCUT2D eigenvalue weighted by Crippen LogP contribution is 2.52. The maximum absolute atomic E-state index is 12.1. The van der Waals surface area contributed by atoms with Gasteiger partial charge in [-0.25, -0.2) is 0 Å². The minimum Gasteiger partial charge on any atom is -0.299 e. The van der Waals surface area contributed by atoms with Crippen LogP contribution >= 0.6 is 0 Å². The van der Waals surface area contributed by atoms with Gasteiger partial charge in [0.2, 0.25) is 0 Å². The van der Waals surface area contributed by atoms with Crippen LogP contribution in [0.1, 0.15) is 46.0 Å². The zero-order valence-corrected chi connectivity index (χ0v) is 10.5. The molecule has 3 atom stereocenters. The lowest BCUT2D eigenvalue weighted by atomic mass is 9.56. The molecule has 88 valence electrons. The van der Waals surface area contributed by atoms with Crippen LogP contribution in [0.25, 0.3) is 0 Å². The average molecular weight is 218 g/mol. The Bertz CT molecular complexity index is 352. The molecule has 1 nitrogen and oxygen atoms in total. The van der Waals surface area contributed by atoms with Crippen LogP contribution in [-0.2, 0) is 4.79 Å². The maximum atomic E-state index is 12.1. The highest BCUT2D eigenvalue weighted by Gasteiger charge is 2.48. The molecular formula is C15H22O. The van der Waals surface area contributed by atoms with E-state index in [1.165, 1.54) is 11.1 Å². The molecule has 0 aliphatic heterocycles. The fourth-order valence-electron chi connectivity index (χ4n) is 3.44. The summed E-state index contributed by atoms with van der Waals surface area (Å²) in [5, 5.41) is 0. The zero-order chi connectivity index (χ0) is 11.9. The molecule has 0 aromatic carbocycles. The summed E-state index contributed by atoms with van der Waals surface area (Å²) in [6.45, 7) is 12.5. The molecule has 2 fully saturated rings. The Morgan fingerprint density at radius 1 is 1.44 bits per heavy atom. The minimum absolute atomic E-state index is 0.110. The van der Waals surface area contributed by atoms with Crippen LogP contribution < -0.4 is 0 Å². The molecule has 2 saturated carbocycles. The van der Waals surface area contributed by atoms with Crippen LogP contribution in [0.3, 0.4) is 0 Å². The number of fused-ring (bicyclic) bond motifs is 1. The van der Waals surface area contributed by atoms with Crippen molar-refractivity contribution >= 4 is 5.78 Å². The van der Waals surface area contributed by atoms with Crippen LogP contribution in [0.5, 0.6) is 0 Å². The van der Waals surface area contributed by atoms with E-state index in [1.54, 1.807) is 0 Å². The standard InChI is InChI=1S/C15H22O/c1-10(2)12-7-8-15(4)13(9-12)11(3)5-6-14(15)16/h12-13H,1,3,5-9H2,2,4H3/t12-,13+,15-/m1/s1. The Kier molecular flexibility index (Phi) is 2.81. The molecule has 0 bridgehead atoms. The number of carbonyl (C=O) groups excluding carboxylic acids is 1. The van der Waals surface area contributed by atoms with Crippen molar-refractivity contribution in [2.24, 2.45) is 17.3 Å². The third-order valence-corrected chi connectivity index (χ3v) is 4.80. The van der Waals surface area contributed by atoms with Crippen molar-refractivity contribution in [3.8, 4) is 0 Å². The van der Waals surface area contributed by atoms with E-state index in [-0.39, 0.29) is 5.41 Å². The van der Waals surface area contributed by atoms with Crippen LogP contribution in [0.2, 0.25) is 0 Å². The van der Waals surface area contributed by atoms with Gasteiger partial charge < -0.3 is 0 Å². The first-order valence-electron chi connectivity index (χ1n) is 6.31. The third-order valence-electron chi connectivity index (χ3n) is 4.80. The van der Waals surface area contributed by atoms with Crippen molar-refractivity contribution in [1.82, 2.24) is 0 Å². The second-order valence-corrected chi connectivity index (χ2v) is 5.87. The van der Waals surface area contributed by atoms with Gasteiger partial charge in [-0.2, -0.15) is 0 Å². The summed E-state index contributed by atoms with van der Waals surface area (Å²) < 4.78 is 0. The normalized spacial score (nSPS) is 39.4. The quantitative estimate of drug-likeness (QED) is 0.610. The Morgan fingerprint density at radius 2 is 2.12 bits per heavy atom. The fourth-order valence-corrected chi connectivity index (χ4v) is 3.44. The van der Waals surface area contributed by atoms with E-state index in [0.717, 1.165) is 25.7 Å². The van der Waals surface area contributed by atoms with Crippen molar-refractivity contribution < 1.29 is 4.79 Å². The summed E-state index contributed by atoms with van der Waals surface area (Å²) in [5.74, 6) is 1.47. The minimum atomic E-state index is -0.110. The molecule has 0 radical (unpaired) electrons. The molecule has 0 saturated heterocycles. The predicted octanol–water partition coefficient (Wildman–Crippen LogP) is 3.90. The molecule has 0 aromatic rings. The van der Waals surface area contributed by atoms with Gasteiger partial charge in [-0.05, 0) is 44.4 Å². The maximum Gasteiger partial charge on any atom is 0.139 e. The molecule has 0 N–H and O–H groups in total. The molecule has 0 aromatic heterocycles. The summed E-state index contributed by atoms with van der Waals surface area (Å²) in [6, 6.07) is 0. The van der Waals surface area contributed by atoms with Crippen LogP contribution in [0.4, 0.5) is 0 Å². The molecule has 0 heterocycles. The van der Waals surface area contributed by atoms with Gasteiger partial charge in [0.1, 0.15) is 5.78 Å². The van der Waals surface area contributed by atoms with Gasteiger partial charge in [-0.15, -0.1) is 0 Å². The summed E-state index contributed by atoms with van der Waals surface area (Å²) in [5.41, 5.74) is 2.46. The lowest BCUT2D eigenvalue weighted by Gasteiger charge is -2.47. The van der Waals surface area contributed by atoms with Crippen molar-refractivity contribution in [2.75, 3.05) is 0 Å². The van der Waals surface area contributed by atoms with E-state index in [2.05, 4.69) is 27.0 Å². The molecular weight excluding hydrogens is 196 g/mol. The van der Waals surface area contributed by atoms with Crippen molar-refractivity contribution in [2.45, 2.75) is 46.0 Å². The smallest absolute Gasteiger partial charge is 0.139 e. The van der Waals surface area contributed by atoms with Crippen LogP contribution in [0, 0.1) is 17.3 Å². The van der Waals surface area contributed by atoms with E-state index in [1.807, 2.05) is 0 Å². The largest absolute Gasteiger partial charge is 0.299 e. The second-order valence-electron chi connectivity index (χ2n) is 5.87. The third kappa shape index (κ3) is 1.66. The Balaban J connectivity index is 2.25. The molecule has 2 aliphatic carbocycles. The van der Waals surface area contributed by atoms with Crippen molar-refractivity contribution in [3.05, 3.63) is 24.3 Å². The molecule has 1 heteroatoms. The first kappa shape index (κ1) is 11.6. The fraction of sp³-hybridized carbons (Fsp3) is 0.667. The van der Waals surface area contributed by atoms with Crippen molar-refractivity contribution in [1.29, 1.82) is 0 Å². The van der Waals surface area contributed by atoms with E-state index < -0.39 is 0 Å². The number of hydrogen-bond acceptors (Lipinski definition) is 1. The Morgan fingerprint density at radius 3 is 2.75 bits per heavy atom. The van der Waals surface area contributed by atoms with Gasteiger partial charge in [-0.3, -0.25) is 4.79 Å². The number of Topliss-reactive ketones (excluding diaryl/α,β-unsaturated/α-hetero) is 1. The molecule has 2 aliphatic rings. The summed E-state index contributed by atoms with van der Waals surface area (Å²) in [4.78, 5) is 12.1. The van der Waals surface area contributed by atoms with E-state index in [9.17, 15) is 4.79 Å². The molecule has 16 heavy (non-hydrogen) atoms. The van der Waals surface area contributed by atoms with Crippen molar-refractivity contribution in [3.63, 3.8) is 0 Å². The van der Waals surface area contributed by atoms with Gasteiger partial charge in [0.25, 0.3) is 0 Å². The number of allylic oxidation sites excluding steroid dienone is 2. The number of rotatable bonds is 1. The van der Waals surface area contributed by atoms with Crippen LogP contribution in [-0.4, -0.2) is 5.78 Å². The highest BCUT2D eigenvalue weighted by molar-refractivity contribution is 5.86. The van der Waals surface area contributed by atoms with Gasteiger partial charge >= 0.3 is 0 Å². The molecule has 0 amide bonds.